The van der Waals surface area contributed by atoms with E-state index in [1.165, 1.54) is 0 Å². The number of nitrogen functional groups attached to an aromatic ring is 2. The molecule has 7 heteroatoms. The van der Waals surface area contributed by atoms with Crippen molar-refractivity contribution in [3.63, 3.8) is 0 Å². The summed E-state index contributed by atoms with van der Waals surface area (Å²) < 4.78 is 15.5. The van der Waals surface area contributed by atoms with Crippen molar-refractivity contribution in [1.82, 2.24) is 0 Å². The maximum atomic E-state index is 9.92. The van der Waals surface area contributed by atoms with Gasteiger partial charge in [0.05, 0.1) is 0 Å². The van der Waals surface area contributed by atoms with Crippen LogP contribution in [0.4, 0.5) is 11.4 Å². The molecule has 0 bridgehead atoms. The highest BCUT2D eigenvalue weighted by Gasteiger charge is 2.10. The summed E-state index contributed by atoms with van der Waals surface area (Å²) in [7, 11) is 0. The van der Waals surface area contributed by atoms with Crippen LogP contribution in [0.5, 0.6) is 23.0 Å². The van der Waals surface area contributed by atoms with Crippen molar-refractivity contribution in [2.24, 2.45) is 0 Å². The Morgan fingerprint density at radius 3 is 1.31 bits per heavy atom. The molecule has 0 atom stereocenters. The van der Waals surface area contributed by atoms with E-state index >= 15 is 0 Å². The molecule has 0 fully saturated rings. The van der Waals surface area contributed by atoms with Crippen molar-refractivity contribution >= 4 is 23.3 Å². The van der Waals surface area contributed by atoms with Gasteiger partial charge in [0.15, 0.2) is 0 Å². The highest BCUT2D eigenvalue weighted by atomic mass is 16.6. The van der Waals surface area contributed by atoms with E-state index in [1.807, 2.05) is 60.7 Å². The molecule has 0 saturated carbocycles. The monoisotopic (exact) mass is 390 g/mol. The van der Waals surface area contributed by atoms with Gasteiger partial charge < -0.3 is 25.7 Å². The lowest BCUT2D eigenvalue weighted by Gasteiger charge is -2.09. The zero-order valence-electron chi connectivity index (χ0n) is 15.3. The number of esters is 2. The number of rotatable bonds is 4. The largest absolute Gasteiger partial charge is 0.457 e. The second-order valence-corrected chi connectivity index (χ2v) is 5.90. The molecule has 7 nitrogen and oxygen atoms in total. The summed E-state index contributed by atoms with van der Waals surface area (Å²) in [6.45, 7) is 0. The fourth-order valence-electron chi connectivity index (χ4n) is 2.33. The molecule has 0 aliphatic carbocycles. The fraction of sp³-hybridized carbons (Fsp3) is 0. The van der Waals surface area contributed by atoms with Crippen molar-refractivity contribution in [3.05, 3.63) is 84.9 Å². The van der Waals surface area contributed by atoms with Crippen molar-refractivity contribution in [2.45, 2.75) is 0 Å². The lowest BCUT2D eigenvalue weighted by molar-refractivity contribution is -0.150. The van der Waals surface area contributed by atoms with E-state index in [0.717, 1.165) is 12.2 Å². The summed E-state index contributed by atoms with van der Waals surface area (Å²) >= 11 is 0. The molecule has 0 spiro atoms. The van der Waals surface area contributed by atoms with Crippen LogP contribution in [0.2, 0.25) is 0 Å². The molecule has 3 aromatic rings. The van der Waals surface area contributed by atoms with Gasteiger partial charge in [-0.2, -0.15) is 0 Å². The lowest BCUT2D eigenvalue weighted by Crippen LogP contribution is -1.96. The van der Waals surface area contributed by atoms with Gasteiger partial charge in [0.1, 0.15) is 23.0 Å². The van der Waals surface area contributed by atoms with E-state index in [-0.39, 0.29) is 0 Å². The Labute approximate surface area is 167 Å². The van der Waals surface area contributed by atoms with E-state index < -0.39 is 11.9 Å². The van der Waals surface area contributed by atoms with Gasteiger partial charge in [-0.1, -0.05) is 18.2 Å². The number of hydrogen-bond donors (Lipinski definition) is 2. The second-order valence-electron chi connectivity index (χ2n) is 5.90. The van der Waals surface area contributed by atoms with E-state index in [4.69, 9.17) is 20.9 Å². The minimum atomic E-state index is -0.579. The SMILES string of the molecule is Nc1cccc(Oc2cccc(Oc3cccc(N)c3)c2)c1.O=C1C=CC(=O)O1. The number of carbonyl (C=O) groups excluding carboxylic acids is 2. The standard InChI is InChI=1S/C18H16N2O2.C4H2O3/c19-13-4-1-6-15(10-13)21-17-8-3-9-18(12-17)22-16-7-2-5-14(20)11-16;5-3-1-2-4(6)7-3/h1-12H,19-20H2;1-2H. The van der Waals surface area contributed by atoms with Crippen LogP contribution in [0.15, 0.2) is 84.9 Å². The first-order chi connectivity index (χ1) is 14.0. The summed E-state index contributed by atoms with van der Waals surface area (Å²) in [6.07, 6.45) is 2.17. The first-order valence-electron chi connectivity index (χ1n) is 8.59. The molecule has 146 valence electrons. The summed E-state index contributed by atoms with van der Waals surface area (Å²) in [5.74, 6) is 1.55. The zero-order valence-corrected chi connectivity index (χ0v) is 15.3. The molecule has 0 saturated heterocycles. The number of ether oxygens (including phenoxy) is 3. The molecule has 0 radical (unpaired) electrons. The average Bonchev–Trinajstić information content (AvgIpc) is 3.05. The second kappa shape index (κ2) is 9.09. The minimum Gasteiger partial charge on any atom is -0.457 e. The highest BCUT2D eigenvalue weighted by Crippen LogP contribution is 2.29. The van der Waals surface area contributed by atoms with Crippen LogP contribution in [0.3, 0.4) is 0 Å². The topological polar surface area (TPSA) is 114 Å². The third-order valence-corrected chi connectivity index (χ3v) is 3.55. The average molecular weight is 390 g/mol. The minimum absolute atomic E-state index is 0.579. The number of hydrogen-bond acceptors (Lipinski definition) is 7. The van der Waals surface area contributed by atoms with Crippen LogP contribution in [-0.4, -0.2) is 11.9 Å². The Morgan fingerprint density at radius 2 is 0.966 bits per heavy atom. The van der Waals surface area contributed by atoms with Gasteiger partial charge in [-0.3, -0.25) is 0 Å². The van der Waals surface area contributed by atoms with Gasteiger partial charge in [0.2, 0.25) is 0 Å². The van der Waals surface area contributed by atoms with Crippen LogP contribution in [0, 0.1) is 0 Å². The van der Waals surface area contributed by atoms with Crippen molar-refractivity contribution in [3.8, 4) is 23.0 Å². The van der Waals surface area contributed by atoms with Gasteiger partial charge in [-0.25, -0.2) is 9.59 Å². The normalized spacial score (nSPS) is 12.0. The van der Waals surface area contributed by atoms with Gasteiger partial charge in [-0.15, -0.1) is 0 Å². The van der Waals surface area contributed by atoms with Gasteiger partial charge in [0, 0.05) is 41.7 Å². The van der Waals surface area contributed by atoms with Gasteiger partial charge in [0.25, 0.3) is 0 Å². The van der Waals surface area contributed by atoms with Gasteiger partial charge in [-0.05, 0) is 36.4 Å². The highest BCUT2D eigenvalue weighted by molar-refractivity contribution is 6.04. The molecule has 1 aliphatic heterocycles. The summed E-state index contributed by atoms with van der Waals surface area (Å²) in [5, 5.41) is 0. The first-order valence-corrected chi connectivity index (χ1v) is 8.59. The first kappa shape index (κ1) is 19.5. The van der Waals surface area contributed by atoms with Crippen molar-refractivity contribution in [2.75, 3.05) is 11.5 Å². The van der Waals surface area contributed by atoms with Crippen molar-refractivity contribution < 1.29 is 23.8 Å². The molecule has 3 aromatic carbocycles. The molecule has 0 aromatic heterocycles. The summed E-state index contributed by atoms with van der Waals surface area (Å²) in [6, 6.07) is 21.9. The van der Waals surface area contributed by atoms with Crippen LogP contribution in [0.1, 0.15) is 0 Å². The quantitative estimate of drug-likeness (QED) is 0.392. The molecule has 1 heterocycles. The predicted molar refractivity (Wildman–Crippen MR) is 109 cm³/mol. The van der Waals surface area contributed by atoms with Gasteiger partial charge >= 0.3 is 11.9 Å². The number of benzene rings is 3. The zero-order chi connectivity index (χ0) is 20.6. The molecule has 1 aliphatic rings. The molecule has 4 N–H and O–H groups in total. The van der Waals surface area contributed by atoms with Crippen molar-refractivity contribution in [1.29, 1.82) is 0 Å². The maximum Gasteiger partial charge on any atom is 0.338 e. The Balaban J connectivity index is 0.000000290. The van der Waals surface area contributed by atoms with Crippen LogP contribution in [-0.2, 0) is 14.3 Å². The third-order valence-electron chi connectivity index (χ3n) is 3.55. The summed E-state index contributed by atoms with van der Waals surface area (Å²) in [5.41, 5.74) is 12.8. The smallest absolute Gasteiger partial charge is 0.338 e. The van der Waals surface area contributed by atoms with E-state index in [2.05, 4.69) is 4.74 Å². The number of cyclic esters (lactones) is 2. The Morgan fingerprint density at radius 1 is 0.586 bits per heavy atom. The van der Waals surface area contributed by atoms with E-state index in [9.17, 15) is 9.59 Å². The predicted octanol–water partition coefficient (Wildman–Crippen LogP) is 4.06. The molecular formula is C22H18N2O5. The van der Waals surface area contributed by atoms with Crippen LogP contribution in [0.25, 0.3) is 0 Å². The molecular weight excluding hydrogens is 372 g/mol. The lowest BCUT2D eigenvalue weighted by atomic mass is 10.3. The summed E-state index contributed by atoms with van der Waals surface area (Å²) in [4.78, 5) is 19.8. The fourth-order valence-corrected chi connectivity index (χ4v) is 2.33. The Hall–Kier alpha value is -4.26. The Kier molecular flexibility index (Phi) is 6.12. The maximum absolute atomic E-state index is 9.92. The molecule has 29 heavy (non-hydrogen) atoms. The van der Waals surface area contributed by atoms with E-state index in [0.29, 0.717) is 34.4 Å². The molecule has 4 rings (SSSR count). The third kappa shape index (κ3) is 6.14. The van der Waals surface area contributed by atoms with Crippen LogP contribution < -0.4 is 20.9 Å². The number of nitrogens with two attached hydrogens (primary N) is 2. The molecule has 0 amide bonds. The number of carbonyl (C=O) groups is 2. The van der Waals surface area contributed by atoms with E-state index in [1.54, 1.807) is 12.1 Å². The van der Waals surface area contributed by atoms with Crippen LogP contribution >= 0.6 is 0 Å². The number of anilines is 2. The molecule has 0 unspecified atom stereocenters. The Bertz CT molecular complexity index is 984.